The van der Waals surface area contributed by atoms with Gasteiger partial charge in [-0.1, -0.05) is 13.0 Å². The SMILES string of the molecule is CCCNc1cccc(C(=O)NCc2cccnn2)n1. The minimum absolute atomic E-state index is 0.226. The van der Waals surface area contributed by atoms with Crippen LogP contribution in [0.15, 0.2) is 36.5 Å². The lowest BCUT2D eigenvalue weighted by atomic mass is 10.3. The van der Waals surface area contributed by atoms with E-state index in [1.807, 2.05) is 12.1 Å². The first kappa shape index (κ1) is 13.9. The molecule has 1 amide bonds. The molecule has 2 aromatic rings. The van der Waals surface area contributed by atoms with Gasteiger partial charge in [-0.3, -0.25) is 4.79 Å². The number of nitrogens with one attached hydrogen (secondary N) is 2. The van der Waals surface area contributed by atoms with E-state index in [0.29, 0.717) is 23.8 Å². The van der Waals surface area contributed by atoms with Crippen LogP contribution in [-0.4, -0.2) is 27.6 Å². The van der Waals surface area contributed by atoms with Crippen molar-refractivity contribution in [1.29, 1.82) is 0 Å². The van der Waals surface area contributed by atoms with Crippen molar-refractivity contribution in [3.05, 3.63) is 47.9 Å². The number of carbonyl (C=O) groups excluding carboxylic acids is 1. The number of amides is 1. The van der Waals surface area contributed by atoms with Crippen LogP contribution < -0.4 is 10.6 Å². The zero-order chi connectivity index (χ0) is 14.2. The van der Waals surface area contributed by atoms with Gasteiger partial charge in [0.15, 0.2) is 0 Å². The molecule has 0 aliphatic heterocycles. The molecule has 0 saturated carbocycles. The third-order valence-electron chi connectivity index (χ3n) is 2.60. The summed E-state index contributed by atoms with van der Waals surface area (Å²) in [6.45, 7) is 3.24. The molecule has 0 radical (unpaired) electrons. The molecule has 2 N–H and O–H groups in total. The predicted molar refractivity (Wildman–Crippen MR) is 76.2 cm³/mol. The number of hydrogen-bond acceptors (Lipinski definition) is 5. The second kappa shape index (κ2) is 7.18. The third-order valence-corrected chi connectivity index (χ3v) is 2.60. The summed E-state index contributed by atoms with van der Waals surface area (Å²) in [7, 11) is 0. The van der Waals surface area contributed by atoms with E-state index >= 15 is 0 Å². The van der Waals surface area contributed by atoms with Gasteiger partial charge in [-0.15, -0.1) is 0 Å². The van der Waals surface area contributed by atoms with E-state index in [2.05, 4.69) is 32.7 Å². The summed E-state index contributed by atoms with van der Waals surface area (Å²) in [5, 5.41) is 13.6. The molecule has 2 heterocycles. The molecule has 6 heteroatoms. The van der Waals surface area contributed by atoms with E-state index < -0.39 is 0 Å². The van der Waals surface area contributed by atoms with Crippen molar-refractivity contribution in [3.63, 3.8) is 0 Å². The molecule has 2 rings (SSSR count). The van der Waals surface area contributed by atoms with Gasteiger partial charge < -0.3 is 10.6 Å². The second-order valence-corrected chi connectivity index (χ2v) is 4.23. The standard InChI is InChI=1S/C14H17N5O/c1-2-8-15-13-7-3-6-12(18-13)14(20)16-10-11-5-4-9-17-19-11/h3-7,9H,2,8,10H2,1H3,(H,15,18)(H,16,20). The molecule has 0 bridgehead atoms. The zero-order valence-electron chi connectivity index (χ0n) is 11.3. The lowest BCUT2D eigenvalue weighted by molar-refractivity contribution is 0.0945. The number of aromatic nitrogens is 3. The lowest BCUT2D eigenvalue weighted by Crippen LogP contribution is -2.24. The summed E-state index contributed by atoms with van der Waals surface area (Å²) in [6, 6.07) is 8.92. The first-order valence-electron chi connectivity index (χ1n) is 6.55. The first-order chi connectivity index (χ1) is 9.79. The van der Waals surface area contributed by atoms with Crippen molar-refractivity contribution in [3.8, 4) is 0 Å². The van der Waals surface area contributed by atoms with E-state index in [-0.39, 0.29) is 5.91 Å². The molecule has 0 unspecified atom stereocenters. The van der Waals surface area contributed by atoms with Crippen LogP contribution in [0.3, 0.4) is 0 Å². The fraction of sp³-hybridized carbons (Fsp3) is 0.286. The van der Waals surface area contributed by atoms with Crippen LogP contribution in [0.4, 0.5) is 5.82 Å². The minimum Gasteiger partial charge on any atom is -0.370 e. The summed E-state index contributed by atoms with van der Waals surface area (Å²) in [5.74, 6) is 0.481. The maximum absolute atomic E-state index is 12.0. The Kier molecular flexibility index (Phi) is 5.00. The van der Waals surface area contributed by atoms with Gasteiger partial charge in [-0.05, 0) is 30.7 Å². The maximum Gasteiger partial charge on any atom is 0.270 e. The fourth-order valence-electron chi connectivity index (χ4n) is 1.60. The minimum atomic E-state index is -0.226. The van der Waals surface area contributed by atoms with Crippen LogP contribution in [0.25, 0.3) is 0 Å². The van der Waals surface area contributed by atoms with Crippen LogP contribution in [-0.2, 0) is 6.54 Å². The molecular weight excluding hydrogens is 254 g/mol. The molecule has 0 atom stereocenters. The van der Waals surface area contributed by atoms with Gasteiger partial charge in [0, 0.05) is 12.7 Å². The highest BCUT2D eigenvalue weighted by Crippen LogP contribution is 2.05. The average Bonchev–Trinajstić information content (AvgIpc) is 2.52. The van der Waals surface area contributed by atoms with Crippen molar-refractivity contribution < 1.29 is 4.79 Å². The van der Waals surface area contributed by atoms with E-state index in [4.69, 9.17) is 0 Å². The summed E-state index contributed by atoms with van der Waals surface area (Å²) in [4.78, 5) is 16.3. The molecular formula is C14H17N5O. The van der Waals surface area contributed by atoms with Crippen LogP contribution in [0, 0.1) is 0 Å². The monoisotopic (exact) mass is 271 g/mol. The lowest BCUT2D eigenvalue weighted by Gasteiger charge is -2.07. The Morgan fingerprint density at radius 3 is 2.90 bits per heavy atom. The van der Waals surface area contributed by atoms with Crippen LogP contribution >= 0.6 is 0 Å². The molecule has 20 heavy (non-hydrogen) atoms. The highest BCUT2D eigenvalue weighted by Gasteiger charge is 2.07. The van der Waals surface area contributed by atoms with Gasteiger partial charge >= 0.3 is 0 Å². The van der Waals surface area contributed by atoms with E-state index in [1.54, 1.807) is 24.4 Å². The Morgan fingerprint density at radius 2 is 2.15 bits per heavy atom. The van der Waals surface area contributed by atoms with Gasteiger partial charge in [-0.25, -0.2) is 4.98 Å². The van der Waals surface area contributed by atoms with Crippen LogP contribution in [0.2, 0.25) is 0 Å². The average molecular weight is 271 g/mol. The molecule has 6 nitrogen and oxygen atoms in total. The number of rotatable bonds is 6. The molecule has 104 valence electrons. The van der Waals surface area contributed by atoms with Gasteiger partial charge in [0.2, 0.25) is 0 Å². The Bertz CT molecular complexity index is 559. The highest BCUT2D eigenvalue weighted by atomic mass is 16.1. The van der Waals surface area contributed by atoms with Crippen LogP contribution in [0.1, 0.15) is 29.5 Å². The van der Waals surface area contributed by atoms with Crippen molar-refractivity contribution in [2.24, 2.45) is 0 Å². The molecule has 0 saturated heterocycles. The maximum atomic E-state index is 12.0. The smallest absolute Gasteiger partial charge is 0.270 e. The summed E-state index contributed by atoms with van der Waals surface area (Å²) in [6.07, 6.45) is 2.60. The number of nitrogens with zero attached hydrogens (tertiary/aromatic N) is 3. The molecule has 0 fully saturated rings. The van der Waals surface area contributed by atoms with Gasteiger partial charge in [0.1, 0.15) is 11.5 Å². The zero-order valence-corrected chi connectivity index (χ0v) is 11.3. The number of hydrogen-bond donors (Lipinski definition) is 2. The molecule has 0 spiro atoms. The molecule has 0 aliphatic rings. The van der Waals surface area contributed by atoms with Crippen molar-refractivity contribution in [2.45, 2.75) is 19.9 Å². The molecule has 0 aliphatic carbocycles. The van der Waals surface area contributed by atoms with Gasteiger partial charge in [-0.2, -0.15) is 10.2 Å². The topological polar surface area (TPSA) is 79.8 Å². The van der Waals surface area contributed by atoms with Crippen molar-refractivity contribution in [2.75, 3.05) is 11.9 Å². The quantitative estimate of drug-likeness (QED) is 0.834. The Morgan fingerprint density at radius 1 is 1.25 bits per heavy atom. The predicted octanol–water partition coefficient (Wildman–Crippen LogP) is 1.62. The van der Waals surface area contributed by atoms with Crippen LogP contribution in [0.5, 0.6) is 0 Å². The van der Waals surface area contributed by atoms with Crippen molar-refractivity contribution in [1.82, 2.24) is 20.5 Å². The summed E-state index contributed by atoms with van der Waals surface area (Å²) < 4.78 is 0. The molecule has 2 aromatic heterocycles. The number of pyridine rings is 1. The van der Waals surface area contributed by atoms with Crippen molar-refractivity contribution >= 4 is 11.7 Å². The van der Waals surface area contributed by atoms with E-state index in [1.165, 1.54) is 0 Å². The summed E-state index contributed by atoms with van der Waals surface area (Å²) >= 11 is 0. The molecule has 0 aromatic carbocycles. The third kappa shape index (κ3) is 4.01. The Labute approximate surface area is 117 Å². The Hall–Kier alpha value is -2.50. The largest absolute Gasteiger partial charge is 0.370 e. The summed E-state index contributed by atoms with van der Waals surface area (Å²) in [5.41, 5.74) is 1.09. The van der Waals surface area contributed by atoms with E-state index in [0.717, 1.165) is 13.0 Å². The normalized spacial score (nSPS) is 10.1. The number of anilines is 1. The van der Waals surface area contributed by atoms with E-state index in [9.17, 15) is 4.79 Å². The van der Waals surface area contributed by atoms with Gasteiger partial charge in [0.05, 0.1) is 12.2 Å². The second-order valence-electron chi connectivity index (χ2n) is 4.23. The fourth-order valence-corrected chi connectivity index (χ4v) is 1.60. The first-order valence-corrected chi connectivity index (χ1v) is 6.55. The number of carbonyl (C=O) groups is 1. The highest BCUT2D eigenvalue weighted by molar-refractivity contribution is 5.92. The van der Waals surface area contributed by atoms with Gasteiger partial charge in [0.25, 0.3) is 5.91 Å². The Balaban J connectivity index is 1.95.